The molecule has 2 rings (SSSR count). The highest BCUT2D eigenvalue weighted by Crippen LogP contribution is 2.31. The highest BCUT2D eigenvalue weighted by Gasteiger charge is 2.28. The van der Waals surface area contributed by atoms with E-state index in [4.69, 9.17) is 5.73 Å². The molecule has 1 aromatic carbocycles. The van der Waals surface area contributed by atoms with Gasteiger partial charge in [0.1, 0.15) is 0 Å². The quantitative estimate of drug-likeness (QED) is 0.896. The van der Waals surface area contributed by atoms with Crippen LogP contribution in [0.1, 0.15) is 12.5 Å². The number of nitrogens with two attached hydrogens (primary N) is 1. The van der Waals surface area contributed by atoms with Gasteiger partial charge in [0.15, 0.2) is 11.6 Å². The second kappa shape index (κ2) is 5.63. The molecule has 2 N–H and O–H groups in total. The summed E-state index contributed by atoms with van der Waals surface area (Å²) in [6, 6.07) is 2.24. The minimum atomic E-state index is -0.927. The molecule has 1 aliphatic rings. The zero-order valence-electron chi connectivity index (χ0n) is 9.95. The Morgan fingerprint density at radius 2 is 2.06 bits per heavy atom. The van der Waals surface area contributed by atoms with Gasteiger partial charge in [-0.2, -0.15) is 0 Å². The number of anilines is 1. The molecule has 1 atom stereocenters. The molecule has 0 radical (unpaired) electrons. The molecule has 0 bridgehead atoms. The Balaban J connectivity index is 0.00000162. The number of rotatable bonds is 2. The molecule has 1 heterocycles. The first-order chi connectivity index (χ1) is 8.04. The largest absolute Gasteiger partial charge is 0.330 e. The monoisotopic (exact) mass is 276 g/mol. The summed E-state index contributed by atoms with van der Waals surface area (Å²) in [6.07, 6.45) is 0.551. The van der Waals surface area contributed by atoms with Crippen molar-refractivity contribution in [3.05, 3.63) is 29.3 Å². The third-order valence-corrected chi connectivity index (χ3v) is 3.06. The standard InChI is InChI=1S/C12H14F2N2O.ClH/c1-7(6-15)12(17)16-3-2-8-4-9(13)10(14)5-11(8)16;/h4-5,7H,2-3,6,15H2,1H3;1H. The third kappa shape index (κ3) is 2.47. The van der Waals surface area contributed by atoms with Crippen LogP contribution < -0.4 is 10.6 Å². The average Bonchev–Trinajstić information content (AvgIpc) is 2.70. The van der Waals surface area contributed by atoms with Gasteiger partial charge >= 0.3 is 0 Å². The van der Waals surface area contributed by atoms with Crippen LogP contribution in [-0.4, -0.2) is 19.0 Å². The van der Waals surface area contributed by atoms with Crippen molar-refractivity contribution in [3.8, 4) is 0 Å². The summed E-state index contributed by atoms with van der Waals surface area (Å²) in [7, 11) is 0. The Labute approximate surface area is 110 Å². The molecular formula is C12H15ClF2N2O. The first-order valence-corrected chi connectivity index (χ1v) is 5.54. The number of hydrogen-bond acceptors (Lipinski definition) is 2. The lowest BCUT2D eigenvalue weighted by molar-refractivity contribution is -0.121. The van der Waals surface area contributed by atoms with Crippen LogP contribution in [0.4, 0.5) is 14.5 Å². The van der Waals surface area contributed by atoms with Gasteiger partial charge in [0, 0.05) is 25.1 Å². The van der Waals surface area contributed by atoms with Crippen LogP contribution in [0.15, 0.2) is 12.1 Å². The number of carbonyl (C=O) groups is 1. The second-order valence-electron chi connectivity index (χ2n) is 4.27. The van der Waals surface area contributed by atoms with Crippen LogP contribution in [0, 0.1) is 17.6 Å². The Morgan fingerprint density at radius 3 is 2.67 bits per heavy atom. The summed E-state index contributed by atoms with van der Waals surface area (Å²) >= 11 is 0. The van der Waals surface area contributed by atoms with Gasteiger partial charge in [0.2, 0.25) is 5.91 Å². The Bertz CT molecular complexity index is 468. The van der Waals surface area contributed by atoms with E-state index in [0.29, 0.717) is 24.2 Å². The van der Waals surface area contributed by atoms with E-state index in [1.54, 1.807) is 6.92 Å². The molecule has 0 aliphatic carbocycles. The first kappa shape index (κ1) is 14.9. The highest BCUT2D eigenvalue weighted by atomic mass is 35.5. The first-order valence-electron chi connectivity index (χ1n) is 5.54. The van der Waals surface area contributed by atoms with E-state index in [1.807, 2.05) is 0 Å². The van der Waals surface area contributed by atoms with Gasteiger partial charge in [0.25, 0.3) is 0 Å². The molecule has 0 saturated carbocycles. The molecule has 1 unspecified atom stereocenters. The minimum Gasteiger partial charge on any atom is -0.330 e. The molecule has 1 amide bonds. The molecule has 3 nitrogen and oxygen atoms in total. The van der Waals surface area contributed by atoms with E-state index in [9.17, 15) is 13.6 Å². The van der Waals surface area contributed by atoms with Crippen LogP contribution in [0.2, 0.25) is 0 Å². The summed E-state index contributed by atoms with van der Waals surface area (Å²) in [5.74, 6) is -2.25. The number of nitrogens with zero attached hydrogens (tertiary/aromatic N) is 1. The number of halogens is 3. The van der Waals surface area contributed by atoms with Crippen molar-refractivity contribution in [3.63, 3.8) is 0 Å². The maximum Gasteiger partial charge on any atom is 0.231 e. The lowest BCUT2D eigenvalue weighted by Gasteiger charge is -2.20. The van der Waals surface area contributed by atoms with Gasteiger partial charge < -0.3 is 10.6 Å². The summed E-state index contributed by atoms with van der Waals surface area (Å²) in [4.78, 5) is 13.4. The van der Waals surface area contributed by atoms with E-state index in [-0.39, 0.29) is 30.8 Å². The van der Waals surface area contributed by atoms with Crippen LogP contribution in [0.3, 0.4) is 0 Å². The van der Waals surface area contributed by atoms with Crippen molar-refractivity contribution in [1.29, 1.82) is 0 Å². The predicted molar refractivity (Wildman–Crippen MR) is 67.9 cm³/mol. The maximum absolute atomic E-state index is 13.2. The fraction of sp³-hybridized carbons (Fsp3) is 0.417. The van der Waals surface area contributed by atoms with Gasteiger partial charge in [0.05, 0.1) is 5.69 Å². The topological polar surface area (TPSA) is 46.3 Å². The third-order valence-electron chi connectivity index (χ3n) is 3.06. The zero-order valence-corrected chi connectivity index (χ0v) is 10.8. The summed E-state index contributed by atoms with van der Waals surface area (Å²) in [6.45, 7) is 2.43. The van der Waals surface area contributed by atoms with Crippen molar-refractivity contribution in [2.75, 3.05) is 18.0 Å². The molecule has 1 aromatic rings. The van der Waals surface area contributed by atoms with Gasteiger partial charge in [-0.1, -0.05) is 6.92 Å². The van der Waals surface area contributed by atoms with Crippen LogP contribution >= 0.6 is 12.4 Å². The van der Waals surface area contributed by atoms with Gasteiger partial charge in [-0.3, -0.25) is 4.79 Å². The van der Waals surface area contributed by atoms with Gasteiger partial charge in [-0.15, -0.1) is 12.4 Å². The van der Waals surface area contributed by atoms with Crippen LogP contribution in [-0.2, 0) is 11.2 Å². The lowest BCUT2D eigenvalue weighted by atomic mass is 10.1. The number of benzene rings is 1. The second-order valence-corrected chi connectivity index (χ2v) is 4.27. The fourth-order valence-corrected chi connectivity index (χ4v) is 1.98. The molecule has 1 aliphatic heterocycles. The highest BCUT2D eigenvalue weighted by molar-refractivity contribution is 5.96. The van der Waals surface area contributed by atoms with Crippen molar-refractivity contribution in [1.82, 2.24) is 0 Å². The minimum absolute atomic E-state index is 0. The van der Waals surface area contributed by atoms with Gasteiger partial charge in [-0.25, -0.2) is 8.78 Å². The predicted octanol–water partition coefficient (Wildman–Crippen LogP) is 1.87. The van der Waals surface area contributed by atoms with Crippen molar-refractivity contribution >= 4 is 24.0 Å². The average molecular weight is 277 g/mol. The summed E-state index contributed by atoms with van der Waals surface area (Å²) in [5.41, 5.74) is 6.57. The van der Waals surface area contributed by atoms with E-state index >= 15 is 0 Å². The number of carbonyl (C=O) groups excluding carboxylic acids is 1. The van der Waals surface area contributed by atoms with Crippen molar-refractivity contribution in [2.45, 2.75) is 13.3 Å². The van der Waals surface area contributed by atoms with Crippen molar-refractivity contribution in [2.24, 2.45) is 11.7 Å². The molecule has 100 valence electrons. The summed E-state index contributed by atoms with van der Waals surface area (Å²) in [5, 5.41) is 0. The molecular weight excluding hydrogens is 262 g/mol. The van der Waals surface area contributed by atoms with Crippen LogP contribution in [0.5, 0.6) is 0 Å². The maximum atomic E-state index is 13.2. The molecule has 0 saturated heterocycles. The smallest absolute Gasteiger partial charge is 0.231 e. The van der Waals surface area contributed by atoms with E-state index in [2.05, 4.69) is 0 Å². The molecule has 0 spiro atoms. The number of amides is 1. The van der Waals surface area contributed by atoms with E-state index in [1.165, 1.54) is 4.90 Å². The van der Waals surface area contributed by atoms with Gasteiger partial charge in [-0.05, 0) is 18.1 Å². The Hall–Kier alpha value is -1.20. The normalized spacial score (nSPS) is 15.0. The fourth-order valence-electron chi connectivity index (χ4n) is 1.98. The molecule has 0 aromatic heterocycles. The van der Waals surface area contributed by atoms with Crippen molar-refractivity contribution < 1.29 is 13.6 Å². The van der Waals surface area contributed by atoms with E-state index < -0.39 is 11.6 Å². The SMILES string of the molecule is CC(CN)C(=O)N1CCc2cc(F)c(F)cc21.Cl. The Morgan fingerprint density at radius 1 is 1.44 bits per heavy atom. The molecule has 18 heavy (non-hydrogen) atoms. The molecule has 0 fully saturated rings. The zero-order chi connectivity index (χ0) is 12.6. The van der Waals surface area contributed by atoms with Crippen LogP contribution in [0.25, 0.3) is 0 Å². The number of hydrogen-bond donors (Lipinski definition) is 1. The molecule has 6 heteroatoms. The number of fused-ring (bicyclic) bond motifs is 1. The summed E-state index contributed by atoms with van der Waals surface area (Å²) < 4.78 is 26.2. The lowest BCUT2D eigenvalue weighted by Crippen LogP contribution is -2.36. The van der Waals surface area contributed by atoms with E-state index in [0.717, 1.165) is 12.1 Å². The Kier molecular flexibility index (Phi) is 4.65.